The second-order valence-electron chi connectivity index (χ2n) is 5.77. The van der Waals surface area contributed by atoms with E-state index in [4.69, 9.17) is 16.6 Å². The largest absolute Gasteiger partial charge is 0.451 e. The average molecular weight is 595 g/mol. The maximum Gasteiger partial charge on any atom is 0.418 e. The van der Waals surface area contributed by atoms with Gasteiger partial charge in [-0.2, -0.15) is 13.2 Å². The molecule has 0 atom stereocenters. The third-order valence-corrected chi connectivity index (χ3v) is 5.12. The number of rotatable bonds is 3. The highest BCUT2D eigenvalue weighted by molar-refractivity contribution is 14.1. The molecule has 2 aromatic carbocycles. The lowest BCUT2D eigenvalue weighted by molar-refractivity contribution is -0.137. The molecule has 0 aliphatic heterocycles. The van der Waals surface area contributed by atoms with Crippen molar-refractivity contribution in [2.45, 2.75) is 6.18 Å². The molecule has 0 saturated carbocycles. The summed E-state index contributed by atoms with van der Waals surface area (Å²) in [5.41, 5.74) is -0.364. The smallest absolute Gasteiger partial charge is 0.418 e. The van der Waals surface area contributed by atoms with Crippen molar-refractivity contribution < 1.29 is 22.4 Å². The van der Waals surface area contributed by atoms with Crippen molar-refractivity contribution in [3.05, 3.63) is 74.0 Å². The van der Waals surface area contributed by atoms with Gasteiger partial charge in [0.2, 0.25) is 0 Å². The maximum atomic E-state index is 13.2. The molecular formula is C19H11BrF3IN2O2S. The van der Waals surface area contributed by atoms with Crippen LogP contribution in [-0.4, -0.2) is 11.0 Å². The zero-order chi connectivity index (χ0) is 21.2. The zero-order valence-corrected chi connectivity index (χ0v) is 18.9. The van der Waals surface area contributed by atoms with E-state index in [9.17, 15) is 18.0 Å². The quantitative estimate of drug-likeness (QED) is 0.270. The predicted octanol–water partition coefficient (Wildman–Crippen LogP) is 6.46. The molecule has 29 heavy (non-hydrogen) atoms. The topological polar surface area (TPSA) is 54.3 Å². The molecule has 150 valence electrons. The summed E-state index contributed by atoms with van der Waals surface area (Å²) >= 11 is 10.1. The van der Waals surface area contributed by atoms with E-state index in [-0.39, 0.29) is 16.6 Å². The van der Waals surface area contributed by atoms with E-state index in [1.807, 2.05) is 24.3 Å². The molecule has 4 nitrogen and oxygen atoms in total. The standard InChI is InChI=1S/C19H11BrF3IN2O2S/c20-11-3-1-10(2-4-11)15-7-8-16(28-15)17(27)26-18(29)25-14-6-5-12(24)9-13(14)19(21,22)23/h1-9H,(H2,25,26,27,29). The van der Waals surface area contributed by atoms with Gasteiger partial charge in [-0.15, -0.1) is 0 Å². The van der Waals surface area contributed by atoms with Crippen molar-refractivity contribution in [3.63, 3.8) is 0 Å². The first kappa shape index (κ1) is 21.8. The Hall–Kier alpha value is -1.92. The van der Waals surface area contributed by atoms with Gasteiger partial charge in [-0.25, -0.2) is 0 Å². The Bertz CT molecular complexity index is 1070. The number of alkyl halides is 3. The normalized spacial score (nSPS) is 11.2. The molecule has 0 bridgehead atoms. The van der Waals surface area contributed by atoms with Gasteiger partial charge in [-0.1, -0.05) is 28.1 Å². The minimum Gasteiger partial charge on any atom is -0.451 e. The minimum atomic E-state index is -4.57. The first-order chi connectivity index (χ1) is 13.6. The van der Waals surface area contributed by atoms with Crippen LogP contribution in [0.25, 0.3) is 11.3 Å². The van der Waals surface area contributed by atoms with E-state index in [0.29, 0.717) is 9.33 Å². The number of halogens is 5. The van der Waals surface area contributed by atoms with Gasteiger partial charge in [0.25, 0.3) is 5.91 Å². The van der Waals surface area contributed by atoms with Crippen LogP contribution in [0.2, 0.25) is 0 Å². The van der Waals surface area contributed by atoms with Crippen molar-refractivity contribution in [1.29, 1.82) is 0 Å². The highest BCUT2D eigenvalue weighted by atomic mass is 127. The first-order valence-corrected chi connectivity index (χ1v) is 10.3. The molecule has 1 amide bonds. The molecule has 0 aliphatic carbocycles. The molecule has 0 aliphatic rings. The number of carbonyl (C=O) groups excluding carboxylic acids is 1. The number of hydrogen-bond donors (Lipinski definition) is 2. The van der Waals surface area contributed by atoms with Crippen LogP contribution in [0.5, 0.6) is 0 Å². The maximum absolute atomic E-state index is 13.2. The molecule has 10 heteroatoms. The van der Waals surface area contributed by atoms with Crippen LogP contribution < -0.4 is 10.6 Å². The molecule has 2 N–H and O–H groups in total. The third kappa shape index (κ3) is 5.58. The van der Waals surface area contributed by atoms with Crippen molar-refractivity contribution in [3.8, 4) is 11.3 Å². The zero-order valence-electron chi connectivity index (χ0n) is 14.3. The summed E-state index contributed by atoms with van der Waals surface area (Å²) in [5.74, 6) is -0.228. The molecule has 0 fully saturated rings. The van der Waals surface area contributed by atoms with Crippen molar-refractivity contribution in [2.75, 3.05) is 5.32 Å². The lowest BCUT2D eigenvalue weighted by Crippen LogP contribution is -2.34. The number of thiocarbonyl (C=S) groups is 1. The van der Waals surface area contributed by atoms with Gasteiger partial charge in [-0.3, -0.25) is 10.1 Å². The summed E-state index contributed by atoms with van der Waals surface area (Å²) in [7, 11) is 0. The molecule has 0 spiro atoms. The van der Waals surface area contributed by atoms with Gasteiger partial charge in [-0.05, 0) is 77.3 Å². The number of hydrogen-bond acceptors (Lipinski definition) is 3. The summed E-state index contributed by atoms with van der Waals surface area (Å²) in [6.07, 6.45) is -4.57. The Balaban J connectivity index is 1.71. The molecule has 0 unspecified atom stereocenters. The number of furan rings is 1. The second-order valence-corrected chi connectivity index (χ2v) is 8.34. The fourth-order valence-corrected chi connectivity index (χ4v) is 3.37. The van der Waals surface area contributed by atoms with Crippen LogP contribution in [0.4, 0.5) is 18.9 Å². The van der Waals surface area contributed by atoms with Crippen LogP contribution in [0.1, 0.15) is 16.1 Å². The van der Waals surface area contributed by atoms with Gasteiger partial charge in [0.15, 0.2) is 10.9 Å². The SMILES string of the molecule is O=C(NC(=S)Nc1ccc(I)cc1C(F)(F)F)c1ccc(-c2ccc(Br)cc2)o1. The highest BCUT2D eigenvalue weighted by Crippen LogP contribution is 2.35. The molecular weight excluding hydrogens is 584 g/mol. The summed E-state index contributed by atoms with van der Waals surface area (Å²) in [6, 6.07) is 14.1. The lowest BCUT2D eigenvalue weighted by atomic mass is 10.1. The minimum absolute atomic E-state index is 0.0225. The molecule has 3 aromatic rings. The fourth-order valence-electron chi connectivity index (χ4n) is 2.41. The Labute approximate surface area is 191 Å². The van der Waals surface area contributed by atoms with Crippen molar-refractivity contribution in [1.82, 2.24) is 5.32 Å². The fraction of sp³-hybridized carbons (Fsp3) is 0.0526. The van der Waals surface area contributed by atoms with E-state index in [1.54, 1.807) is 28.7 Å². The average Bonchev–Trinajstić information content (AvgIpc) is 3.13. The summed E-state index contributed by atoms with van der Waals surface area (Å²) in [5, 5.41) is 4.47. The van der Waals surface area contributed by atoms with Crippen LogP contribution in [0.15, 0.2) is 63.5 Å². The van der Waals surface area contributed by atoms with Gasteiger partial charge in [0, 0.05) is 13.6 Å². The van der Waals surface area contributed by atoms with Crippen LogP contribution in [0, 0.1) is 3.57 Å². The Kier molecular flexibility index (Phi) is 6.64. The number of nitrogens with one attached hydrogen (secondary N) is 2. The van der Waals surface area contributed by atoms with E-state index >= 15 is 0 Å². The Morgan fingerprint density at radius 1 is 1.07 bits per heavy atom. The number of benzene rings is 2. The first-order valence-electron chi connectivity index (χ1n) is 7.98. The van der Waals surface area contributed by atoms with E-state index in [2.05, 4.69) is 26.6 Å². The van der Waals surface area contributed by atoms with Gasteiger partial charge < -0.3 is 9.73 Å². The summed E-state index contributed by atoms with van der Waals surface area (Å²) in [6.45, 7) is 0. The Morgan fingerprint density at radius 3 is 2.41 bits per heavy atom. The second kappa shape index (κ2) is 8.84. The molecule has 0 radical (unpaired) electrons. The molecule has 1 heterocycles. The third-order valence-electron chi connectivity index (χ3n) is 3.72. The van der Waals surface area contributed by atoms with E-state index in [0.717, 1.165) is 16.1 Å². The summed E-state index contributed by atoms with van der Waals surface area (Å²) < 4.78 is 46.5. The number of anilines is 1. The van der Waals surface area contributed by atoms with Crippen molar-refractivity contribution in [2.24, 2.45) is 0 Å². The van der Waals surface area contributed by atoms with Gasteiger partial charge >= 0.3 is 6.18 Å². The number of amides is 1. The van der Waals surface area contributed by atoms with Crippen LogP contribution in [0.3, 0.4) is 0 Å². The number of carbonyl (C=O) groups is 1. The molecule has 1 aromatic heterocycles. The lowest BCUT2D eigenvalue weighted by Gasteiger charge is -2.15. The predicted molar refractivity (Wildman–Crippen MR) is 120 cm³/mol. The van der Waals surface area contributed by atoms with Crippen molar-refractivity contribution >= 4 is 67.4 Å². The summed E-state index contributed by atoms with van der Waals surface area (Å²) in [4.78, 5) is 12.3. The van der Waals surface area contributed by atoms with Gasteiger partial charge in [0.1, 0.15) is 5.76 Å². The van der Waals surface area contributed by atoms with E-state index in [1.165, 1.54) is 18.2 Å². The van der Waals surface area contributed by atoms with Gasteiger partial charge in [0.05, 0.1) is 11.3 Å². The van der Waals surface area contributed by atoms with Crippen LogP contribution in [-0.2, 0) is 6.18 Å². The molecule has 0 saturated heterocycles. The highest BCUT2D eigenvalue weighted by Gasteiger charge is 2.34. The van der Waals surface area contributed by atoms with Crippen LogP contribution >= 0.6 is 50.7 Å². The molecule has 3 rings (SSSR count). The Morgan fingerprint density at radius 2 is 1.76 bits per heavy atom. The monoisotopic (exact) mass is 594 g/mol. The van der Waals surface area contributed by atoms with E-state index < -0.39 is 17.6 Å².